The maximum Gasteiger partial charge on any atom is 0.188 e. The van der Waals surface area contributed by atoms with E-state index in [-0.39, 0.29) is 24.0 Å². The molecule has 1 heterocycles. The molecule has 1 fully saturated rings. The van der Waals surface area contributed by atoms with Crippen LogP contribution in [0.3, 0.4) is 0 Å². The predicted octanol–water partition coefficient (Wildman–Crippen LogP) is 1.80. The number of ether oxygens (including phenoxy) is 2. The Morgan fingerprint density at radius 3 is 2.68 bits per heavy atom. The summed E-state index contributed by atoms with van der Waals surface area (Å²) in [5, 5.41) is 3.19. The Bertz CT molecular complexity index is 600. The molecule has 0 amide bonds. The molecule has 0 radical (unpaired) electrons. The summed E-state index contributed by atoms with van der Waals surface area (Å²) in [6.45, 7) is 7.29. The number of aliphatic imine (C=N–C) groups is 1. The Morgan fingerprint density at radius 2 is 1.93 bits per heavy atom. The first-order valence-corrected chi connectivity index (χ1v) is 9.78. The molecule has 1 aliphatic rings. The monoisotopic (exact) mass is 505 g/mol. The number of guanidine groups is 1. The zero-order chi connectivity index (χ0) is 19.5. The van der Waals surface area contributed by atoms with E-state index in [1.54, 1.807) is 14.2 Å². The van der Waals surface area contributed by atoms with E-state index in [9.17, 15) is 0 Å². The van der Waals surface area contributed by atoms with Crippen molar-refractivity contribution in [3.63, 3.8) is 0 Å². The van der Waals surface area contributed by atoms with Crippen LogP contribution in [0.5, 0.6) is 11.5 Å². The van der Waals surface area contributed by atoms with Gasteiger partial charge in [-0.1, -0.05) is 6.07 Å². The number of nitrogens with one attached hydrogen (secondary N) is 1. The summed E-state index contributed by atoms with van der Waals surface area (Å²) in [6.07, 6.45) is 3.14. The summed E-state index contributed by atoms with van der Waals surface area (Å²) in [4.78, 5) is 9.37. The number of hydrogen-bond acceptors (Lipinski definition) is 5. The molecule has 0 spiro atoms. The summed E-state index contributed by atoms with van der Waals surface area (Å²) in [6, 6.07) is 5.95. The second kappa shape index (κ2) is 13.8. The van der Waals surface area contributed by atoms with Crippen molar-refractivity contribution in [2.75, 3.05) is 67.1 Å². The fraction of sp³-hybridized carbons (Fsp3) is 0.650. The highest BCUT2D eigenvalue weighted by atomic mass is 127. The predicted molar refractivity (Wildman–Crippen MR) is 126 cm³/mol. The number of hydrogen-bond donors (Lipinski definition) is 2. The van der Waals surface area contributed by atoms with E-state index in [0.717, 1.165) is 57.1 Å². The lowest BCUT2D eigenvalue weighted by Gasteiger charge is -2.19. The van der Waals surface area contributed by atoms with Gasteiger partial charge in [0.1, 0.15) is 0 Å². The summed E-state index contributed by atoms with van der Waals surface area (Å²) < 4.78 is 10.6. The van der Waals surface area contributed by atoms with Gasteiger partial charge in [0, 0.05) is 26.2 Å². The van der Waals surface area contributed by atoms with Gasteiger partial charge in [-0.05, 0) is 63.6 Å². The van der Waals surface area contributed by atoms with E-state index in [2.05, 4.69) is 27.2 Å². The number of benzene rings is 1. The van der Waals surface area contributed by atoms with Crippen molar-refractivity contribution in [1.29, 1.82) is 0 Å². The summed E-state index contributed by atoms with van der Waals surface area (Å²) in [5.41, 5.74) is 7.14. The molecule has 0 saturated carbocycles. The van der Waals surface area contributed by atoms with Crippen LogP contribution in [0.1, 0.15) is 18.4 Å². The van der Waals surface area contributed by atoms with Gasteiger partial charge in [-0.2, -0.15) is 0 Å². The average molecular weight is 505 g/mol. The van der Waals surface area contributed by atoms with E-state index in [1.165, 1.54) is 25.1 Å². The number of methoxy groups -OCH3 is 2. The van der Waals surface area contributed by atoms with Crippen molar-refractivity contribution in [3.8, 4) is 11.5 Å². The molecule has 1 aromatic carbocycles. The average Bonchev–Trinajstić information content (AvgIpc) is 2.89. The lowest BCUT2D eigenvalue weighted by molar-refractivity contribution is 0.275. The number of rotatable bonds is 9. The molecule has 2 rings (SSSR count). The molecule has 1 aliphatic heterocycles. The molecular weight excluding hydrogens is 469 g/mol. The highest BCUT2D eigenvalue weighted by Crippen LogP contribution is 2.27. The number of nitrogens with two attached hydrogens (primary N) is 1. The highest BCUT2D eigenvalue weighted by molar-refractivity contribution is 14.0. The summed E-state index contributed by atoms with van der Waals surface area (Å²) in [7, 11) is 5.48. The Kier molecular flexibility index (Phi) is 12.2. The fourth-order valence-electron chi connectivity index (χ4n) is 3.24. The van der Waals surface area contributed by atoms with Crippen LogP contribution >= 0.6 is 24.0 Å². The van der Waals surface area contributed by atoms with Gasteiger partial charge in [0.25, 0.3) is 0 Å². The van der Waals surface area contributed by atoms with Gasteiger partial charge in [-0.25, -0.2) is 0 Å². The zero-order valence-corrected chi connectivity index (χ0v) is 19.8. The summed E-state index contributed by atoms with van der Waals surface area (Å²) in [5.74, 6) is 2.01. The van der Waals surface area contributed by atoms with Crippen LogP contribution in [-0.4, -0.2) is 82.8 Å². The Balaban J connectivity index is 0.00000392. The first kappa shape index (κ1) is 24.8. The second-order valence-corrected chi connectivity index (χ2v) is 6.99. The van der Waals surface area contributed by atoms with E-state index in [4.69, 9.17) is 15.2 Å². The third-order valence-corrected chi connectivity index (χ3v) is 4.89. The molecule has 1 aromatic rings. The molecular formula is C20H36IN5O2. The number of halogens is 1. The lowest BCUT2D eigenvalue weighted by atomic mass is 10.1. The van der Waals surface area contributed by atoms with E-state index >= 15 is 0 Å². The van der Waals surface area contributed by atoms with Crippen molar-refractivity contribution < 1.29 is 9.47 Å². The van der Waals surface area contributed by atoms with Crippen LogP contribution < -0.4 is 20.5 Å². The molecule has 7 nitrogen and oxygen atoms in total. The van der Waals surface area contributed by atoms with Crippen molar-refractivity contribution >= 4 is 29.9 Å². The van der Waals surface area contributed by atoms with E-state index in [1.807, 2.05) is 18.2 Å². The molecule has 0 aliphatic carbocycles. The maximum absolute atomic E-state index is 5.98. The van der Waals surface area contributed by atoms with Crippen molar-refractivity contribution in [3.05, 3.63) is 23.8 Å². The molecule has 28 heavy (non-hydrogen) atoms. The van der Waals surface area contributed by atoms with Gasteiger partial charge in [-0.3, -0.25) is 4.99 Å². The van der Waals surface area contributed by atoms with Crippen LogP contribution in [0.25, 0.3) is 0 Å². The second-order valence-electron chi connectivity index (χ2n) is 6.99. The van der Waals surface area contributed by atoms with E-state index < -0.39 is 0 Å². The normalized spacial score (nSPS) is 16.2. The molecule has 0 bridgehead atoms. The summed E-state index contributed by atoms with van der Waals surface area (Å²) >= 11 is 0. The van der Waals surface area contributed by atoms with Gasteiger partial charge in [0.05, 0.1) is 14.2 Å². The van der Waals surface area contributed by atoms with Crippen LogP contribution in [0.2, 0.25) is 0 Å². The topological polar surface area (TPSA) is 75.4 Å². The maximum atomic E-state index is 5.98. The van der Waals surface area contributed by atoms with Crippen LogP contribution in [0.4, 0.5) is 0 Å². The van der Waals surface area contributed by atoms with Crippen molar-refractivity contribution in [2.45, 2.75) is 19.3 Å². The largest absolute Gasteiger partial charge is 0.493 e. The lowest BCUT2D eigenvalue weighted by Crippen LogP contribution is -2.34. The van der Waals surface area contributed by atoms with Crippen LogP contribution in [0, 0.1) is 0 Å². The Hall–Kier alpha value is -1.26. The Labute approximate surface area is 186 Å². The third kappa shape index (κ3) is 8.83. The van der Waals surface area contributed by atoms with Gasteiger partial charge < -0.3 is 30.3 Å². The quantitative estimate of drug-likeness (QED) is 0.231. The van der Waals surface area contributed by atoms with Gasteiger partial charge in [0.15, 0.2) is 17.5 Å². The molecule has 1 saturated heterocycles. The standard InChI is InChI=1S/C20H35N5O2.HI/c1-24-11-5-13-25(15-14-24)12-4-9-22-20(21)23-10-8-17-6-7-18(26-2)19(16-17)27-3;/h6-7,16H,4-5,8-15H2,1-3H3,(H3,21,22,23);1H. The van der Waals surface area contributed by atoms with E-state index in [0.29, 0.717) is 5.96 Å². The molecule has 0 aromatic heterocycles. The first-order chi connectivity index (χ1) is 13.1. The molecule has 0 atom stereocenters. The van der Waals surface area contributed by atoms with Gasteiger partial charge in [0.2, 0.25) is 0 Å². The van der Waals surface area contributed by atoms with Gasteiger partial charge >= 0.3 is 0 Å². The highest BCUT2D eigenvalue weighted by Gasteiger charge is 2.11. The SMILES string of the molecule is COc1ccc(CCNC(N)=NCCCN2CCCN(C)CC2)cc1OC.I. The third-order valence-electron chi connectivity index (χ3n) is 4.89. The van der Waals surface area contributed by atoms with Crippen molar-refractivity contribution in [2.24, 2.45) is 10.7 Å². The number of nitrogens with zero attached hydrogens (tertiary/aromatic N) is 3. The zero-order valence-electron chi connectivity index (χ0n) is 17.4. The first-order valence-electron chi connectivity index (χ1n) is 9.78. The van der Waals surface area contributed by atoms with Crippen LogP contribution in [-0.2, 0) is 6.42 Å². The minimum atomic E-state index is 0. The molecule has 0 unspecified atom stereocenters. The van der Waals surface area contributed by atoms with Crippen LogP contribution in [0.15, 0.2) is 23.2 Å². The van der Waals surface area contributed by atoms with Crippen molar-refractivity contribution in [1.82, 2.24) is 15.1 Å². The van der Waals surface area contributed by atoms with Gasteiger partial charge in [-0.15, -0.1) is 24.0 Å². The minimum Gasteiger partial charge on any atom is -0.493 e. The number of likely N-dealkylation sites (N-methyl/N-ethyl adjacent to an activating group) is 1. The smallest absolute Gasteiger partial charge is 0.188 e. The molecule has 8 heteroatoms. The molecule has 160 valence electrons. The minimum absolute atomic E-state index is 0. The molecule has 3 N–H and O–H groups in total. The Morgan fingerprint density at radius 1 is 1.14 bits per heavy atom. The fourth-order valence-corrected chi connectivity index (χ4v) is 3.24.